The van der Waals surface area contributed by atoms with Gasteiger partial charge in [0, 0.05) is 18.2 Å². The van der Waals surface area contributed by atoms with Crippen molar-refractivity contribution in [3.05, 3.63) is 59.3 Å². The summed E-state index contributed by atoms with van der Waals surface area (Å²) in [6, 6.07) is 10.1. The summed E-state index contributed by atoms with van der Waals surface area (Å²) in [5, 5.41) is 27.9. The molecule has 2 aromatic rings. The van der Waals surface area contributed by atoms with Crippen LogP contribution in [-0.4, -0.2) is 23.4 Å². The predicted octanol–water partition coefficient (Wildman–Crippen LogP) is 1.42. The fourth-order valence-electron chi connectivity index (χ4n) is 1.78. The van der Waals surface area contributed by atoms with E-state index in [0.717, 1.165) is 0 Å². The van der Waals surface area contributed by atoms with Crippen molar-refractivity contribution in [2.75, 3.05) is 7.11 Å². The van der Waals surface area contributed by atoms with Crippen molar-refractivity contribution in [3.8, 4) is 17.2 Å². The number of methoxy groups -OCH3 is 1. The van der Waals surface area contributed by atoms with Crippen LogP contribution in [0.25, 0.3) is 6.08 Å². The third kappa shape index (κ3) is 4.55. The van der Waals surface area contributed by atoms with Crippen molar-refractivity contribution in [1.29, 1.82) is 0 Å². The van der Waals surface area contributed by atoms with Crippen LogP contribution in [0.2, 0.25) is 0 Å². The van der Waals surface area contributed by atoms with Gasteiger partial charge in [0.25, 0.3) is 0 Å². The van der Waals surface area contributed by atoms with Crippen LogP contribution in [-0.2, 0) is 4.79 Å². The lowest BCUT2D eigenvalue weighted by Gasteiger charge is -2.11. The number of carbonyl (C=O) groups excluding carboxylic acids is 1. The lowest BCUT2D eigenvalue weighted by molar-refractivity contribution is -0.991. The van der Waals surface area contributed by atoms with E-state index >= 15 is 0 Å². The maximum atomic E-state index is 11.7. The number of phenolic OH excluding ortho intramolecular Hbond substituents is 1. The van der Waals surface area contributed by atoms with E-state index in [2.05, 4.69) is 0 Å². The zero-order chi connectivity index (χ0) is 16.8. The van der Waals surface area contributed by atoms with Crippen LogP contribution in [0, 0.1) is 5.21 Å². The Bertz CT molecular complexity index is 709. The number of esters is 1. The summed E-state index contributed by atoms with van der Waals surface area (Å²) in [6.45, 7) is 0. The number of quaternary nitrogens is 1. The van der Waals surface area contributed by atoms with Crippen molar-refractivity contribution in [1.82, 2.24) is 0 Å². The van der Waals surface area contributed by atoms with E-state index in [1.165, 1.54) is 49.6 Å². The number of phenols is 1. The monoisotopic (exact) mass is 317 g/mol. The smallest absolute Gasteiger partial charge is 0.336 e. The first kappa shape index (κ1) is 16.5. The third-order valence-electron chi connectivity index (χ3n) is 2.94. The average Bonchev–Trinajstić information content (AvgIpc) is 2.54. The molecule has 7 heteroatoms. The Labute approximate surface area is 132 Å². The number of carbonyl (C=O) groups is 1. The first-order valence-electron chi connectivity index (χ1n) is 6.60. The minimum Gasteiger partial charge on any atom is -0.595 e. The van der Waals surface area contributed by atoms with Crippen LogP contribution in [0.3, 0.4) is 0 Å². The van der Waals surface area contributed by atoms with Crippen molar-refractivity contribution in [3.63, 3.8) is 0 Å². The Morgan fingerprint density at radius 3 is 2.52 bits per heavy atom. The largest absolute Gasteiger partial charge is 0.595 e. The molecule has 0 spiro atoms. The molecule has 7 nitrogen and oxygen atoms in total. The Morgan fingerprint density at radius 2 is 1.91 bits per heavy atom. The van der Waals surface area contributed by atoms with Gasteiger partial charge in [-0.15, -0.1) is 0 Å². The number of benzene rings is 2. The Kier molecular flexibility index (Phi) is 5.32. The highest BCUT2D eigenvalue weighted by Crippen LogP contribution is 2.26. The molecule has 1 atom stereocenters. The number of hydrogen-bond donors (Lipinski definition) is 3. The summed E-state index contributed by atoms with van der Waals surface area (Å²) >= 11 is 0. The highest BCUT2D eigenvalue weighted by atomic mass is 16.8. The van der Waals surface area contributed by atoms with Gasteiger partial charge in [-0.2, -0.15) is 5.23 Å². The number of ether oxygens (including phenoxy) is 2. The van der Waals surface area contributed by atoms with Crippen LogP contribution in [0.15, 0.2) is 48.5 Å². The van der Waals surface area contributed by atoms with Gasteiger partial charge in [-0.3, -0.25) is 0 Å². The van der Waals surface area contributed by atoms with Crippen molar-refractivity contribution in [2.45, 2.75) is 0 Å². The van der Waals surface area contributed by atoms with E-state index in [-0.39, 0.29) is 17.2 Å². The molecule has 0 aliphatic carbocycles. The van der Waals surface area contributed by atoms with Crippen LogP contribution in [0.5, 0.6) is 17.2 Å². The second kappa shape index (κ2) is 7.41. The van der Waals surface area contributed by atoms with E-state index in [9.17, 15) is 15.1 Å². The molecule has 0 aliphatic rings. The highest BCUT2D eigenvalue weighted by Gasteiger charge is 2.04. The van der Waals surface area contributed by atoms with Gasteiger partial charge in [0.1, 0.15) is 5.75 Å². The molecule has 0 bridgehead atoms. The van der Waals surface area contributed by atoms with Gasteiger partial charge in [-0.25, -0.2) is 10.0 Å². The Hall–Kier alpha value is -2.87. The summed E-state index contributed by atoms with van der Waals surface area (Å²) in [4.78, 5) is 11.7. The molecular weight excluding hydrogens is 302 g/mol. The quantitative estimate of drug-likeness (QED) is 0.333. The van der Waals surface area contributed by atoms with Crippen LogP contribution < -0.4 is 14.7 Å². The molecule has 120 valence electrons. The van der Waals surface area contributed by atoms with Crippen molar-refractivity contribution >= 4 is 17.7 Å². The molecule has 3 N–H and O–H groups in total. The molecule has 0 aliphatic heterocycles. The first-order valence-corrected chi connectivity index (χ1v) is 6.60. The average molecular weight is 317 g/mol. The van der Waals surface area contributed by atoms with Crippen LogP contribution in [0.1, 0.15) is 5.56 Å². The van der Waals surface area contributed by atoms with E-state index in [1.807, 2.05) is 0 Å². The van der Waals surface area contributed by atoms with Crippen molar-refractivity contribution in [2.24, 2.45) is 0 Å². The molecule has 23 heavy (non-hydrogen) atoms. The molecule has 2 aromatic carbocycles. The fraction of sp³-hybridized carbons (Fsp3) is 0.0625. The zero-order valence-electron chi connectivity index (χ0n) is 12.2. The predicted molar refractivity (Wildman–Crippen MR) is 81.5 cm³/mol. The number of rotatable bonds is 5. The van der Waals surface area contributed by atoms with Crippen LogP contribution >= 0.6 is 0 Å². The molecule has 0 fully saturated rings. The Balaban J connectivity index is 2.01. The maximum Gasteiger partial charge on any atom is 0.336 e. The third-order valence-corrected chi connectivity index (χ3v) is 2.94. The second-order valence-corrected chi connectivity index (χ2v) is 4.52. The highest BCUT2D eigenvalue weighted by molar-refractivity contribution is 5.88. The van der Waals surface area contributed by atoms with Crippen LogP contribution in [0.4, 0.5) is 5.69 Å². The summed E-state index contributed by atoms with van der Waals surface area (Å²) in [5.74, 6) is -0.0661. The van der Waals surface area contributed by atoms with E-state index in [0.29, 0.717) is 11.3 Å². The minimum atomic E-state index is -1.05. The molecule has 0 aromatic heterocycles. The molecule has 2 rings (SSSR count). The fourth-order valence-corrected chi connectivity index (χ4v) is 1.78. The van der Waals surface area contributed by atoms with E-state index < -0.39 is 11.2 Å². The Morgan fingerprint density at radius 1 is 1.22 bits per heavy atom. The molecule has 1 unspecified atom stereocenters. The first-order chi connectivity index (χ1) is 11.0. The minimum absolute atomic E-state index is 0.00532. The summed E-state index contributed by atoms with van der Waals surface area (Å²) in [6.07, 6.45) is 2.73. The van der Waals surface area contributed by atoms with Gasteiger partial charge in [0.05, 0.1) is 7.11 Å². The summed E-state index contributed by atoms with van der Waals surface area (Å²) < 4.78 is 10.0. The zero-order valence-corrected chi connectivity index (χ0v) is 12.2. The summed E-state index contributed by atoms with van der Waals surface area (Å²) in [5.41, 5.74) is 0.759. The number of aromatic hydroxyl groups is 1. The summed E-state index contributed by atoms with van der Waals surface area (Å²) in [7, 11) is 1.43. The molecule has 0 heterocycles. The van der Waals surface area contributed by atoms with E-state index in [1.54, 1.807) is 12.1 Å². The van der Waals surface area contributed by atoms with Gasteiger partial charge in [0.15, 0.2) is 17.2 Å². The molecule has 0 saturated carbocycles. The van der Waals surface area contributed by atoms with Gasteiger partial charge in [-0.1, -0.05) is 6.07 Å². The second-order valence-electron chi connectivity index (χ2n) is 4.52. The number of nitrogens with one attached hydrogen (secondary N) is 1. The normalized spacial score (nSPS) is 12.1. The molecule has 0 saturated heterocycles. The standard InChI is InChI=1S/C16H15NO6/c1-22-15-10-11(2-8-14(15)18)3-9-16(19)23-13-6-4-12(5-7-13)17(20)21/h2-10,17-18,20H,1H3. The molecular formula is C16H15NO6. The topological polar surface area (TPSA) is 103 Å². The maximum absolute atomic E-state index is 11.7. The lowest BCUT2D eigenvalue weighted by Crippen LogP contribution is -2.99. The van der Waals surface area contributed by atoms with E-state index in [4.69, 9.17) is 14.7 Å². The lowest BCUT2D eigenvalue weighted by atomic mass is 10.2. The van der Waals surface area contributed by atoms with Gasteiger partial charge >= 0.3 is 5.97 Å². The molecule has 0 radical (unpaired) electrons. The van der Waals surface area contributed by atoms with Gasteiger partial charge in [-0.05, 0) is 35.9 Å². The number of hydrogen-bond acceptors (Lipinski definition) is 6. The molecule has 0 amide bonds. The van der Waals surface area contributed by atoms with Gasteiger partial charge in [0.2, 0.25) is 0 Å². The van der Waals surface area contributed by atoms with Gasteiger partial charge < -0.3 is 19.8 Å². The van der Waals surface area contributed by atoms with Crippen molar-refractivity contribution < 1.29 is 29.8 Å². The SMILES string of the molecule is COc1cc(C=CC(=O)Oc2ccc([NH+]([O-])O)cc2)ccc1O.